The SMILES string of the molecule is CCC(C)C1OC(c2ccccc2)OC2COC(c3ccc(C)c(C)c3)OC21. The summed E-state index contributed by atoms with van der Waals surface area (Å²) >= 11 is 0. The molecule has 0 spiro atoms. The van der Waals surface area contributed by atoms with E-state index in [0.29, 0.717) is 12.5 Å². The van der Waals surface area contributed by atoms with Gasteiger partial charge >= 0.3 is 0 Å². The van der Waals surface area contributed by atoms with Gasteiger partial charge in [0.2, 0.25) is 0 Å². The number of hydrogen-bond donors (Lipinski definition) is 0. The van der Waals surface area contributed by atoms with E-state index < -0.39 is 0 Å². The maximum Gasteiger partial charge on any atom is 0.184 e. The topological polar surface area (TPSA) is 36.9 Å². The summed E-state index contributed by atoms with van der Waals surface area (Å²) in [5.74, 6) is 0.362. The quantitative estimate of drug-likeness (QED) is 0.724. The fourth-order valence-corrected chi connectivity index (χ4v) is 3.91. The molecule has 2 aliphatic heterocycles. The van der Waals surface area contributed by atoms with Crippen molar-refractivity contribution < 1.29 is 18.9 Å². The Morgan fingerprint density at radius 3 is 2.39 bits per heavy atom. The first-order chi connectivity index (χ1) is 13.6. The average molecular weight is 383 g/mol. The van der Waals surface area contributed by atoms with Crippen molar-refractivity contribution >= 4 is 0 Å². The molecule has 2 saturated heterocycles. The summed E-state index contributed by atoms with van der Waals surface area (Å²) in [6.07, 6.45) is -0.0594. The lowest BCUT2D eigenvalue weighted by molar-refractivity contribution is -0.369. The van der Waals surface area contributed by atoms with E-state index in [-0.39, 0.29) is 30.9 Å². The Kier molecular flexibility index (Phi) is 5.83. The molecule has 6 unspecified atom stereocenters. The summed E-state index contributed by atoms with van der Waals surface area (Å²) in [7, 11) is 0. The van der Waals surface area contributed by atoms with Gasteiger partial charge in [-0.25, -0.2) is 0 Å². The largest absolute Gasteiger partial charge is 0.346 e. The van der Waals surface area contributed by atoms with Crippen molar-refractivity contribution in [3.63, 3.8) is 0 Å². The lowest BCUT2D eigenvalue weighted by Gasteiger charge is -2.47. The molecule has 0 radical (unpaired) electrons. The van der Waals surface area contributed by atoms with Crippen LogP contribution in [0.4, 0.5) is 0 Å². The molecule has 0 N–H and O–H groups in total. The zero-order valence-electron chi connectivity index (χ0n) is 17.1. The second kappa shape index (κ2) is 8.34. The first kappa shape index (κ1) is 19.6. The van der Waals surface area contributed by atoms with E-state index in [0.717, 1.165) is 17.5 Å². The third-order valence-corrected chi connectivity index (χ3v) is 6.04. The van der Waals surface area contributed by atoms with E-state index in [1.54, 1.807) is 0 Å². The third kappa shape index (κ3) is 3.87. The summed E-state index contributed by atoms with van der Waals surface area (Å²) in [6.45, 7) is 9.14. The molecule has 0 amide bonds. The van der Waals surface area contributed by atoms with Crippen molar-refractivity contribution in [2.45, 2.75) is 65.0 Å². The van der Waals surface area contributed by atoms with Gasteiger partial charge in [-0.3, -0.25) is 0 Å². The predicted octanol–water partition coefficient (Wildman–Crippen LogP) is 5.25. The third-order valence-electron chi connectivity index (χ3n) is 6.04. The van der Waals surface area contributed by atoms with Crippen LogP contribution in [0.15, 0.2) is 48.5 Å². The minimum atomic E-state index is -0.383. The molecule has 4 heteroatoms. The van der Waals surface area contributed by atoms with Gasteiger partial charge < -0.3 is 18.9 Å². The lowest BCUT2D eigenvalue weighted by atomic mass is 9.92. The summed E-state index contributed by atoms with van der Waals surface area (Å²) in [5, 5.41) is 0. The van der Waals surface area contributed by atoms with Crippen molar-refractivity contribution in [3.05, 3.63) is 70.8 Å². The molecule has 0 bridgehead atoms. The van der Waals surface area contributed by atoms with Crippen molar-refractivity contribution in [2.24, 2.45) is 5.92 Å². The Hall–Kier alpha value is -1.72. The van der Waals surface area contributed by atoms with Gasteiger partial charge in [0, 0.05) is 11.1 Å². The van der Waals surface area contributed by atoms with Crippen LogP contribution in [-0.4, -0.2) is 24.9 Å². The maximum atomic E-state index is 6.42. The van der Waals surface area contributed by atoms with Gasteiger partial charge in [-0.05, 0) is 30.9 Å². The van der Waals surface area contributed by atoms with Crippen LogP contribution in [0.25, 0.3) is 0 Å². The van der Waals surface area contributed by atoms with Crippen molar-refractivity contribution in [3.8, 4) is 0 Å². The highest BCUT2D eigenvalue weighted by Gasteiger charge is 2.47. The highest BCUT2D eigenvalue weighted by Crippen LogP contribution is 2.40. The van der Waals surface area contributed by atoms with E-state index in [9.17, 15) is 0 Å². The molecule has 0 aromatic heterocycles. The van der Waals surface area contributed by atoms with E-state index >= 15 is 0 Å². The monoisotopic (exact) mass is 382 g/mol. The predicted molar refractivity (Wildman–Crippen MR) is 108 cm³/mol. The van der Waals surface area contributed by atoms with Gasteiger partial charge in [-0.2, -0.15) is 0 Å². The molecule has 2 heterocycles. The zero-order valence-corrected chi connectivity index (χ0v) is 17.1. The van der Waals surface area contributed by atoms with Gasteiger partial charge in [0.25, 0.3) is 0 Å². The summed E-state index contributed by atoms with van der Waals surface area (Å²) in [4.78, 5) is 0. The fraction of sp³-hybridized carbons (Fsp3) is 0.500. The molecule has 6 atom stereocenters. The van der Waals surface area contributed by atoms with Crippen LogP contribution in [0, 0.1) is 19.8 Å². The Balaban J connectivity index is 1.56. The second-order valence-electron chi connectivity index (χ2n) is 8.01. The van der Waals surface area contributed by atoms with E-state index in [1.807, 2.05) is 30.3 Å². The van der Waals surface area contributed by atoms with Crippen LogP contribution in [0.3, 0.4) is 0 Å². The van der Waals surface area contributed by atoms with Crippen LogP contribution in [0.5, 0.6) is 0 Å². The van der Waals surface area contributed by atoms with Crippen molar-refractivity contribution in [1.82, 2.24) is 0 Å². The second-order valence-corrected chi connectivity index (χ2v) is 8.01. The molecule has 150 valence electrons. The molecule has 2 aromatic rings. The first-order valence-electron chi connectivity index (χ1n) is 10.3. The number of fused-ring (bicyclic) bond motifs is 1. The standard InChI is InChI=1S/C24H30O4/c1-5-15(2)21-22-20(26-24(27-21)18-9-7-6-8-10-18)14-25-23(28-22)19-12-11-16(3)17(4)13-19/h6-13,15,20-24H,5,14H2,1-4H3. The summed E-state index contributed by atoms with van der Waals surface area (Å²) in [6, 6.07) is 16.5. The molecular weight excluding hydrogens is 352 g/mol. The number of benzene rings is 2. The number of ether oxygens (including phenoxy) is 4. The normalized spacial score (nSPS) is 31.2. The van der Waals surface area contributed by atoms with Gasteiger partial charge in [-0.1, -0.05) is 68.8 Å². The van der Waals surface area contributed by atoms with E-state index in [2.05, 4.69) is 45.9 Å². The van der Waals surface area contributed by atoms with E-state index in [1.165, 1.54) is 11.1 Å². The van der Waals surface area contributed by atoms with Gasteiger partial charge in [0.15, 0.2) is 12.6 Å². The van der Waals surface area contributed by atoms with E-state index in [4.69, 9.17) is 18.9 Å². The van der Waals surface area contributed by atoms with Crippen LogP contribution in [-0.2, 0) is 18.9 Å². The molecule has 0 saturated carbocycles. The van der Waals surface area contributed by atoms with Crippen LogP contribution in [0.1, 0.15) is 55.1 Å². The lowest BCUT2D eigenvalue weighted by Crippen LogP contribution is -2.56. The Bertz CT molecular complexity index is 790. The highest BCUT2D eigenvalue weighted by molar-refractivity contribution is 5.30. The molecule has 2 aromatic carbocycles. The summed E-state index contributed by atoms with van der Waals surface area (Å²) < 4.78 is 25.2. The first-order valence-corrected chi connectivity index (χ1v) is 10.3. The molecule has 2 fully saturated rings. The highest BCUT2D eigenvalue weighted by atomic mass is 16.8. The number of hydrogen-bond acceptors (Lipinski definition) is 4. The zero-order chi connectivity index (χ0) is 19.7. The van der Waals surface area contributed by atoms with Crippen LogP contribution >= 0.6 is 0 Å². The van der Waals surface area contributed by atoms with Crippen LogP contribution in [0.2, 0.25) is 0 Å². The molecule has 4 rings (SSSR count). The molecule has 28 heavy (non-hydrogen) atoms. The minimum absolute atomic E-state index is 0.0353. The van der Waals surface area contributed by atoms with Crippen molar-refractivity contribution in [1.29, 1.82) is 0 Å². The fourth-order valence-electron chi connectivity index (χ4n) is 3.91. The maximum absolute atomic E-state index is 6.42. The Labute approximate surface area is 167 Å². The molecule has 4 nitrogen and oxygen atoms in total. The molecule has 0 aliphatic carbocycles. The van der Waals surface area contributed by atoms with Gasteiger partial charge in [0.05, 0.1) is 12.7 Å². The molecule has 2 aliphatic rings. The Morgan fingerprint density at radius 2 is 1.68 bits per heavy atom. The van der Waals surface area contributed by atoms with Crippen molar-refractivity contribution in [2.75, 3.05) is 6.61 Å². The van der Waals surface area contributed by atoms with Gasteiger partial charge in [0.1, 0.15) is 12.2 Å². The average Bonchev–Trinajstić information content (AvgIpc) is 2.74. The smallest absolute Gasteiger partial charge is 0.184 e. The number of rotatable bonds is 4. The minimum Gasteiger partial charge on any atom is -0.346 e. The molecular formula is C24H30O4. The Morgan fingerprint density at radius 1 is 0.893 bits per heavy atom. The summed E-state index contributed by atoms with van der Waals surface area (Å²) in [5.41, 5.74) is 4.59. The van der Waals surface area contributed by atoms with Crippen LogP contribution < -0.4 is 0 Å². The van der Waals surface area contributed by atoms with Gasteiger partial charge in [-0.15, -0.1) is 0 Å². The number of aryl methyl sites for hydroxylation is 2.